The van der Waals surface area contributed by atoms with Crippen molar-refractivity contribution >= 4 is 51.1 Å². The number of hydrogen-bond donors (Lipinski definition) is 2. The third-order valence-corrected chi connectivity index (χ3v) is 5.92. The zero-order valence-corrected chi connectivity index (χ0v) is 18.4. The third-order valence-electron chi connectivity index (χ3n) is 4.85. The number of rotatable bonds is 6. The fraction of sp³-hybridized carbons (Fsp3) is 0.217. The lowest BCUT2D eigenvalue weighted by Crippen LogP contribution is -2.13. The number of nitrogens with zero attached hydrogens (tertiary/aromatic N) is 2. The van der Waals surface area contributed by atoms with Gasteiger partial charge in [-0.25, -0.2) is 4.98 Å². The van der Waals surface area contributed by atoms with Crippen molar-refractivity contribution in [2.45, 2.75) is 26.8 Å². The van der Waals surface area contributed by atoms with Gasteiger partial charge in [-0.15, -0.1) is 11.3 Å². The summed E-state index contributed by atoms with van der Waals surface area (Å²) in [5.41, 5.74) is 9.78. The zero-order chi connectivity index (χ0) is 21.3. The van der Waals surface area contributed by atoms with Gasteiger partial charge in [-0.05, 0) is 42.2 Å². The van der Waals surface area contributed by atoms with Gasteiger partial charge in [0.2, 0.25) is 0 Å². The van der Waals surface area contributed by atoms with Crippen molar-refractivity contribution in [3.63, 3.8) is 0 Å². The highest BCUT2D eigenvalue weighted by Gasteiger charge is 2.15. The Kier molecular flexibility index (Phi) is 5.79. The monoisotopic (exact) mass is 438 g/mol. The molecule has 0 spiro atoms. The molecule has 3 N–H and O–H groups in total. The average molecular weight is 439 g/mol. The Morgan fingerprint density at radius 3 is 2.83 bits per heavy atom. The van der Waals surface area contributed by atoms with Gasteiger partial charge in [0.1, 0.15) is 10.7 Å². The van der Waals surface area contributed by atoms with E-state index >= 15 is 0 Å². The maximum atomic E-state index is 12.6. The van der Waals surface area contributed by atoms with Crippen molar-refractivity contribution in [3.05, 3.63) is 75.3 Å². The van der Waals surface area contributed by atoms with Gasteiger partial charge in [0.15, 0.2) is 0 Å². The van der Waals surface area contributed by atoms with E-state index in [-0.39, 0.29) is 5.91 Å². The van der Waals surface area contributed by atoms with Crippen LogP contribution in [-0.2, 0) is 13.0 Å². The maximum Gasteiger partial charge on any atom is 0.275 e. The Hall–Kier alpha value is -2.83. The second-order valence-electron chi connectivity index (χ2n) is 7.71. The smallest absolute Gasteiger partial charge is 0.275 e. The minimum atomic E-state index is -0.267. The van der Waals surface area contributed by atoms with E-state index in [4.69, 9.17) is 17.3 Å². The molecule has 2 aromatic carbocycles. The third kappa shape index (κ3) is 4.35. The van der Waals surface area contributed by atoms with Crippen LogP contribution in [0.25, 0.3) is 10.9 Å². The number of thiazole rings is 1. The Morgan fingerprint density at radius 2 is 2.07 bits per heavy atom. The highest BCUT2D eigenvalue weighted by molar-refractivity contribution is 7.09. The summed E-state index contributed by atoms with van der Waals surface area (Å²) >= 11 is 7.72. The SMILES string of the molecule is CC(C)Cc1cn(Cc2nc(C(=O)Nc3ccccc3N)cs2)c2cc(Cl)ccc12. The molecule has 0 atom stereocenters. The molecule has 4 aromatic rings. The van der Waals surface area contributed by atoms with E-state index in [0.717, 1.165) is 16.9 Å². The summed E-state index contributed by atoms with van der Waals surface area (Å²) in [6.45, 7) is 5.01. The second-order valence-corrected chi connectivity index (χ2v) is 9.09. The van der Waals surface area contributed by atoms with Crippen LogP contribution in [0, 0.1) is 5.92 Å². The van der Waals surface area contributed by atoms with Crippen LogP contribution in [0.4, 0.5) is 11.4 Å². The Morgan fingerprint density at radius 1 is 1.27 bits per heavy atom. The van der Waals surface area contributed by atoms with Gasteiger partial charge >= 0.3 is 0 Å². The summed E-state index contributed by atoms with van der Waals surface area (Å²) in [6, 6.07) is 13.2. The Labute approximate surface area is 184 Å². The molecule has 5 nitrogen and oxygen atoms in total. The average Bonchev–Trinajstić information content (AvgIpc) is 3.29. The van der Waals surface area contributed by atoms with Gasteiger partial charge in [0.05, 0.1) is 23.4 Å². The number of nitrogen functional groups attached to an aromatic ring is 1. The maximum absolute atomic E-state index is 12.6. The molecule has 0 aliphatic carbocycles. The lowest BCUT2D eigenvalue weighted by atomic mass is 10.0. The molecule has 2 aromatic heterocycles. The van der Waals surface area contributed by atoms with Crippen LogP contribution in [-0.4, -0.2) is 15.5 Å². The molecule has 154 valence electrons. The number of aromatic nitrogens is 2. The lowest BCUT2D eigenvalue weighted by Gasteiger charge is -2.06. The number of carbonyl (C=O) groups is 1. The van der Waals surface area contributed by atoms with E-state index in [0.29, 0.717) is 34.6 Å². The predicted octanol–water partition coefficient (Wildman–Crippen LogP) is 5.83. The molecule has 0 saturated heterocycles. The zero-order valence-electron chi connectivity index (χ0n) is 16.9. The number of amides is 1. The molecule has 30 heavy (non-hydrogen) atoms. The summed E-state index contributed by atoms with van der Waals surface area (Å²) in [5, 5.41) is 7.37. The van der Waals surface area contributed by atoms with Gasteiger partial charge in [-0.3, -0.25) is 4.79 Å². The van der Waals surface area contributed by atoms with Crippen molar-refractivity contribution in [1.82, 2.24) is 9.55 Å². The number of nitrogens with one attached hydrogen (secondary N) is 1. The topological polar surface area (TPSA) is 72.9 Å². The molecule has 1 amide bonds. The van der Waals surface area contributed by atoms with Crippen molar-refractivity contribution in [1.29, 1.82) is 0 Å². The number of carbonyl (C=O) groups excluding carboxylic acids is 1. The van der Waals surface area contributed by atoms with E-state index in [2.05, 4.69) is 41.0 Å². The van der Waals surface area contributed by atoms with Crippen LogP contribution in [0.5, 0.6) is 0 Å². The molecule has 0 fully saturated rings. The number of nitrogens with two attached hydrogens (primary N) is 1. The Bertz CT molecular complexity index is 1210. The first-order valence-electron chi connectivity index (χ1n) is 9.78. The van der Waals surface area contributed by atoms with E-state index in [9.17, 15) is 4.79 Å². The largest absolute Gasteiger partial charge is 0.397 e. The first-order valence-corrected chi connectivity index (χ1v) is 11.0. The number of benzene rings is 2. The van der Waals surface area contributed by atoms with Crippen LogP contribution in [0.1, 0.15) is 34.9 Å². The molecule has 0 aliphatic rings. The number of fused-ring (bicyclic) bond motifs is 1. The molecule has 0 saturated carbocycles. The summed E-state index contributed by atoms with van der Waals surface area (Å²) in [6.07, 6.45) is 3.17. The summed E-state index contributed by atoms with van der Waals surface area (Å²) in [4.78, 5) is 17.1. The summed E-state index contributed by atoms with van der Waals surface area (Å²) in [5.74, 6) is 0.289. The van der Waals surface area contributed by atoms with Gasteiger partial charge in [0.25, 0.3) is 5.91 Å². The van der Waals surface area contributed by atoms with Crippen molar-refractivity contribution in [3.8, 4) is 0 Å². The molecule has 0 aliphatic heterocycles. The van der Waals surface area contributed by atoms with Crippen LogP contribution in [0.2, 0.25) is 5.02 Å². The normalized spacial score (nSPS) is 11.3. The van der Waals surface area contributed by atoms with E-state index in [1.807, 2.05) is 24.3 Å². The van der Waals surface area contributed by atoms with Crippen molar-refractivity contribution in [2.24, 2.45) is 5.92 Å². The molecule has 7 heteroatoms. The Balaban J connectivity index is 1.58. The molecule has 2 heterocycles. The molecule has 0 bridgehead atoms. The number of anilines is 2. The summed E-state index contributed by atoms with van der Waals surface area (Å²) < 4.78 is 2.16. The minimum absolute atomic E-state index is 0.267. The van der Waals surface area contributed by atoms with Gasteiger partial charge < -0.3 is 15.6 Å². The van der Waals surface area contributed by atoms with Gasteiger partial charge in [-0.1, -0.05) is 43.6 Å². The number of para-hydroxylation sites is 2. The first-order chi connectivity index (χ1) is 14.4. The first kappa shape index (κ1) is 20.4. The van der Waals surface area contributed by atoms with Crippen LogP contribution < -0.4 is 11.1 Å². The van der Waals surface area contributed by atoms with Crippen molar-refractivity contribution < 1.29 is 4.79 Å². The molecular formula is C23H23ClN4OS. The lowest BCUT2D eigenvalue weighted by molar-refractivity contribution is 0.102. The van der Waals surface area contributed by atoms with Crippen LogP contribution in [0.3, 0.4) is 0 Å². The number of hydrogen-bond acceptors (Lipinski definition) is 4. The predicted molar refractivity (Wildman–Crippen MR) is 126 cm³/mol. The quantitative estimate of drug-likeness (QED) is 0.372. The van der Waals surface area contributed by atoms with Crippen molar-refractivity contribution in [2.75, 3.05) is 11.1 Å². The van der Waals surface area contributed by atoms with E-state index in [1.54, 1.807) is 17.5 Å². The minimum Gasteiger partial charge on any atom is -0.397 e. The number of halogens is 1. The van der Waals surface area contributed by atoms with Gasteiger partial charge in [-0.2, -0.15) is 0 Å². The molecule has 4 rings (SSSR count). The van der Waals surface area contributed by atoms with E-state index < -0.39 is 0 Å². The van der Waals surface area contributed by atoms with Crippen LogP contribution in [0.15, 0.2) is 54.0 Å². The fourth-order valence-corrected chi connectivity index (χ4v) is 4.44. The second kappa shape index (κ2) is 8.50. The summed E-state index contributed by atoms with van der Waals surface area (Å²) in [7, 11) is 0. The highest BCUT2D eigenvalue weighted by Crippen LogP contribution is 2.28. The van der Waals surface area contributed by atoms with Gasteiger partial charge in [0, 0.05) is 22.0 Å². The molecule has 0 unspecified atom stereocenters. The van der Waals surface area contributed by atoms with E-state index in [1.165, 1.54) is 22.3 Å². The van der Waals surface area contributed by atoms with Crippen LogP contribution >= 0.6 is 22.9 Å². The highest BCUT2D eigenvalue weighted by atomic mass is 35.5. The molecule has 0 radical (unpaired) electrons. The standard InChI is InChI=1S/C23H23ClN4OS/c1-14(2)9-15-11-28(21-10-16(24)7-8-17(15)21)12-22-26-20(13-30-22)23(29)27-19-6-4-3-5-18(19)25/h3-8,10-11,13-14H,9,12,25H2,1-2H3,(H,27,29). The molecular weight excluding hydrogens is 416 g/mol. The fourth-order valence-electron chi connectivity index (χ4n) is 3.51.